The first-order valence-electron chi connectivity index (χ1n) is 32.2. The predicted molar refractivity (Wildman–Crippen MR) is 408 cm³/mol. The maximum Gasteiger partial charge on any atom is 0.407 e. The fourth-order valence-corrected chi connectivity index (χ4v) is 11.6. The van der Waals surface area contributed by atoms with Gasteiger partial charge in [-0.15, -0.1) is 12.4 Å². The zero-order chi connectivity index (χ0) is 76.5. The van der Waals surface area contributed by atoms with Crippen LogP contribution in [0, 0.1) is 0 Å². The molecule has 0 aliphatic heterocycles. The van der Waals surface area contributed by atoms with Crippen LogP contribution in [0.25, 0.3) is 0 Å². The standard InChI is InChI=1S/C40H41Cl3N4O9.C35H33Cl3N4O7.ClH/c1-40(2,3)56-39(53)44-15-6-16-55-28-20-31(42)34(32(43)21-28)37(51)46-26-12-9-23(10-13-26)18-33(38(52)54-4)47-36(50)29-14-11-25(19-30(29)41)35(49)45-22-24-7-5-8-27(48)17-24;1-48-35(47)30(42-33(45)26-11-8-22(16-27(26)36)32(44)40-19-21-4-2-5-24(43)14-21)15-20-6-9-23(10-7-20)41-34(46)31-28(37)17-25(18-29(31)38)49-13-3-12-39;/h5,7-14,17,19-21,33,48H,6,15-16,18,22H2,1-4H3,(H,44,53)(H,45,49)(H,46,51)(H,47,50);2,4-11,14,16-18,30,43H,3,12-13,15,19,39H2,1H3,(H,40,44)(H,41,46)(H,42,45);1H/t33-;30-;/m00./s1. The first kappa shape index (κ1) is 84.9. The third kappa shape index (κ3) is 26.2. The van der Waals surface area contributed by atoms with Gasteiger partial charge in [0.2, 0.25) is 0 Å². The second-order valence-electron chi connectivity index (χ2n) is 24.0. The molecule has 106 heavy (non-hydrogen) atoms. The lowest BCUT2D eigenvalue weighted by Gasteiger charge is -2.19. The summed E-state index contributed by atoms with van der Waals surface area (Å²) in [6.45, 7) is 7.06. The van der Waals surface area contributed by atoms with Crippen LogP contribution < -0.4 is 52.4 Å². The molecule has 0 aromatic heterocycles. The molecular formula is C75H75Cl7N8O16. The smallest absolute Gasteiger partial charge is 0.407 e. The van der Waals surface area contributed by atoms with Gasteiger partial charge in [0.15, 0.2) is 0 Å². The number of nitrogens with two attached hydrogens (primary N) is 1. The molecule has 560 valence electrons. The molecule has 11 N–H and O–H groups in total. The van der Waals surface area contributed by atoms with Crippen molar-refractivity contribution in [2.45, 2.75) is 77.2 Å². The van der Waals surface area contributed by atoms with Crippen LogP contribution in [0.3, 0.4) is 0 Å². The Morgan fingerprint density at radius 1 is 0.453 bits per heavy atom. The van der Waals surface area contributed by atoms with Crippen molar-refractivity contribution in [1.82, 2.24) is 26.6 Å². The van der Waals surface area contributed by atoms with Gasteiger partial charge in [0.1, 0.15) is 40.7 Å². The third-order valence-corrected chi connectivity index (χ3v) is 16.7. The molecule has 8 rings (SSSR count). The van der Waals surface area contributed by atoms with E-state index in [1.165, 1.54) is 99.1 Å². The second-order valence-corrected chi connectivity index (χ2v) is 26.5. The molecule has 2 atom stereocenters. The topological polar surface area (TPSA) is 350 Å². The fourth-order valence-electron chi connectivity index (χ4n) is 9.77. The first-order chi connectivity index (χ1) is 50.0. The zero-order valence-electron chi connectivity index (χ0n) is 57.6. The van der Waals surface area contributed by atoms with Gasteiger partial charge >= 0.3 is 18.0 Å². The molecule has 0 bridgehead atoms. The lowest BCUT2D eigenvalue weighted by atomic mass is 10.0. The highest BCUT2D eigenvalue weighted by Gasteiger charge is 2.28. The minimum Gasteiger partial charge on any atom is -0.508 e. The Kier molecular flexibility index (Phi) is 32.9. The van der Waals surface area contributed by atoms with Crippen molar-refractivity contribution in [1.29, 1.82) is 0 Å². The summed E-state index contributed by atoms with van der Waals surface area (Å²) in [5.41, 5.74) is 8.99. The lowest BCUT2D eigenvalue weighted by Crippen LogP contribution is -2.43. The van der Waals surface area contributed by atoms with Crippen LogP contribution in [0.15, 0.2) is 158 Å². The zero-order valence-corrected chi connectivity index (χ0v) is 63.0. The minimum absolute atomic E-state index is 0. The van der Waals surface area contributed by atoms with Crippen molar-refractivity contribution >= 4 is 147 Å². The van der Waals surface area contributed by atoms with Crippen LogP contribution in [0.4, 0.5) is 16.2 Å². The molecule has 0 spiro atoms. The van der Waals surface area contributed by atoms with Crippen molar-refractivity contribution in [3.8, 4) is 23.0 Å². The highest BCUT2D eigenvalue weighted by molar-refractivity contribution is 6.41. The SMILES string of the molecule is COC(=O)[C@H](Cc1ccc(NC(=O)c2c(Cl)cc(OCCCN)cc2Cl)cc1)NC(=O)c1ccc(C(=O)NCc2cccc(O)c2)cc1Cl.COC(=O)[C@H](Cc1ccc(NC(=O)c2c(Cl)cc(OCCCNC(=O)OC(C)(C)C)cc2Cl)cc1)NC(=O)c1ccc(C(=O)NCc2cccc(O)c2)cc1Cl.Cl. The van der Waals surface area contributed by atoms with Crippen molar-refractivity contribution < 1.29 is 77.0 Å². The molecule has 0 fully saturated rings. The van der Waals surface area contributed by atoms with Crippen LogP contribution in [0.5, 0.6) is 23.0 Å². The quantitative estimate of drug-likeness (QED) is 0.0118. The molecule has 24 nitrogen and oxygen atoms in total. The van der Waals surface area contributed by atoms with E-state index in [4.69, 9.17) is 99.0 Å². The van der Waals surface area contributed by atoms with Gasteiger partial charge in [-0.05, 0) is 172 Å². The van der Waals surface area contributed by atoms with Crippen molar-refractivity contribution in [2.24, 2.45) is 5.73 Å². The Bertz CT molecular complexity index is 4420. The van der Waals surface area contributed by atoms with Gasteiger partial charge in [-0.1, -0.05) is 118 Å². The number of esters is 2. The predicted octanol–water partition coefficient (Wildman–Crippen LogP) is 13.5. The molecule has 0 saturated carbocycles. The van der Waals surface area contributed by atoms with E-state index in [2.05, 4.69) is 37.2 Å². The lowest BCUT2D eigenvalue weighted by molar-refractivity contribution is -0.143. The number of benzene rings is 8. The van der Waals surface area contributed by atoms with E-state index in [0.717, 1.165) is 0 Å². The number of anilines is 2. The fraction of sp³-hybridized carbons (Fsp3) is 0.240. The van der Waals surface area contributed by atoms with Gasteiger partial charge in [0.05, 0.1) is 79.8 Å². The monoisotopic (exact) mass is 1590 g/mol. The molecule has 8 aromatic rings. The van der Waals surface area contributed by atoms with Crippen LogP contribution >= 0.6 is 82.0 Å². The number of ether oxygens (including phenoxy) is 5. The first-order valence-corrected chi connectivity index (χ1v) is 34.5. The van der Waals surface area contributed by atoms with Gasteiger partial charge in [-0.2, -0.15) is 0 Å². The molecule has 31 heteroatoms. The van der Waals surface area contributed by atoms with E-state index in [1.54, 1.807) is 93.6 Å². The number of aromatic hydroxyl groups is 2. The number of hydrogen-bond acceptors (Lipinski definition) is 17. The number of carbonyl (C=O) groups excluding carboxylic acids is 9. The van der Waals surface area contributed by atoms with Gasteiger partial charge in [-0.25, -0.2) is 14.4 Å². The Morgan fingerprint density at radius 3 is 1.19 bits per heavy atom. The van der Waals surface area contributed by atoms with Gasteiger partial charge in [-0.3, -0.25) is 28.8 Å². The minimum atomic E-state index is -1.10. The summed E-state index contributed by atoms with van der Waals surface area (Å²) in [5, 5.41) is 38.4. The van der Waals surface area contributed by atoms with Gasteiger partial charge in [0.25, 0.3) is 35.4 Å². The van der Waals surface area contributed by atoms with Crippen LogP contribution in [0.2, 0.25) is 30.1 Å². The van der Waals surface area contributed by atoms with E-state index in [1.807, 2.05) is 0 Å². The van der Waals surface area contributed by atoms with E-state index in [-0.39, 0.29) is 120 Å². The van der Waals surface area contributed by atoms with Gasteiger partial charge in [0, 0.05) is 55.0 Å². The number of phenols is 2. The Hall–Kier alpha value is -10.0. The summed E-state index contributed by atoms with van der Waals surface area (Å²) in [5.74, 6) is -3.78. The molecule has 0 saturated heterocycles. The average Bonchev–Trinajstić information content (AvgIpc) is 0.855. The summed E-state index contributed by atoms with van der Waals surface area (Å²) in [4.78, 5) is 115. The van der Waals surface area contributed by atoms with Crippen molar-refractivity contribution in [2.75, 3.05) is 51.2 Å². The number of hydrogen-bond donors (Lipinski definition) is 10. The number of methoxy groups -OCH3 is 2. The second kappa shape index (κ2) is 41.0. The van der Waals surface area contributed by atoms with Crippen LogP contribution in [-0.4, -0.2) is 122 Å². The number of amides is 7. The van der Waals surface area contributed by atoms with Crippen LogP contribution in [0.1, 0.15) is 118 Å². The number of carbonyl (C=O) groups is 9. The largest absolute Gasteiger partial charge is 0.508 e. The Labute approximate surface area is 646 Å². The maximum atomic E-state index is 13.2. The highest BCUT2D eigenvalue weighted by atomic mass is 35.5. The molecule has 0 radical (unpaired) electrons. The molecule has 0 unspecified atom stereocenters. The molecular weight excluding hydrogens is 1520 g/mol. The van der Waals surface area contributed by atoms with Crippen molar-refractivity contribution in [3.05, 3.63) is 243 Å². The van der Waals surface area contributed by atoms with E-state index in [9.17, 15) is 53.4 Å². The summed E-state index contributed by atoms with van der Waals surface area (Å²) in [6.07, 6.45) is 0.697. The Morgan fingerprint density at radius 2 is 0.840 bits per heavy atom. The molecule has 0 aliphatic rings. The molecule has 0 heterocycles. The molecule has 0 aliphatic carbocycles. The average molecular weight is 1590 g/mol. The van der Waals surface area contributed by atoms with E-state index >= 15 is 0 Å². The summed E-state index contributed by atoms with van der Waals surface area (Å²) in [6, 6.07) is 38.1. The van der Waals surface area contributed by atoms with E-state index in [0.29, 0.717) is 77.7 Å². The third-order valence-electron chi connectivity index (χ3n) is 14.9. The van der Waals surface area contributed by atoms with E-state index < -0.39 is 71.2 Å². The Balaban J connectivity index is 0.000000332. The summed E-state index contributed by atoms with van der Waals surface area (Å²) in [7, 11) is 2.39. The number of alkyl carbamates (subject to hydrolysis) is 1. The number of rotatable bonds is 29. The summed E-state index contributed by atoms with van der Waals surface area (Å²) < 4.78 is 26.3. The normalized spacial score (nSPS) is 11.3. The van der Waals surface area contributed by atoms with Crippen molar-refractivity contribution in [3.63, 3.8) is 0 Å². The summed E-state index contributed by atoms with van der Waals surface area (Å²) >= 11 is 38.2. The van der Waals surface area contributed by atoms with Gasteiger partial charge < -0.3 is 76.8 Å². The maximum absolute atomic E-state index is 13.2. The molecule has 7 amide bonds. The molecule has 8 aromatic carbocycles. The number of nitrogens with one attached hydrogen (secondary N) is 7. The highest BCUT2D eigenvalue weighted by Crippen LogP contribution is 2.34. The number of halogens is 7. The van der Waals surface area contributed by atoms with Crippen LogP contribution in [-0.2, 0) is 49.7 Å². The number of phenolic OH excluding ortho intramolecular Hbond substituents is 2.